The van der Waals surface area contributed by atoms with Crippen molar-refractivity contribution < 1.29 is 9.21 Å². The van der Waals surface area contributed by atoms with Crippen molar-refractivity contribution in [1.29, 1.82) is 0 Å². The Morgan fingerprint density at radius 1 is 1.48 bits per heavy atom. The first-order chi connectivity index (χ1) is 10.2. The van der Waals surface area contributed by atoms with E-state index in [2.05, 4.69) is 15.2 Å². The lowest BCUT2D eigenvalue weighted by molar-refractivity contribution is 0.0904. The van der Waals surface area contributed by atoms with Crippen molar-refractivity contribution in [2.45, 2.75) is 18.9 Å². The second-order valence-electron chi connectivity index (χ2n) is 5.96. The molecule has 2 aromatic rings. The van der Waals surface area contributed by atoms with Gasteiger partial charge in [0.2, 0.25) is 0 Å². The SMILES string of the molecule is O=C(N[C@@H]1C[C@H]2CCN(C2)C1)c1cc2ccoc2c(Cl)n1. The number of amides is 1. The fourth-order valence-corrected chi connectivity index (χ4v) is 3.72. The third-order valence-electron chi connectivity index (χ3n) is 4.43. The highest BCUT2D eigenvalue weighted by atomic mass is 35.5. The molecule has 0 aliphatic carbocycles. The van der Waals surface area contributed by atoms with E-state index in [9.17, 15) is 4.79 Å². The highest BCUT2D eigenvalue weighted by molar-refractivity contribution is 6.33. The van der Waals surface area contributed by atoms with Gasteiger partial charge in [0.05, 0.1) is 6.26 Å². The maximum Gasteiger partial charge on any atom is 0.270 e. The van der Waals surface area contributed by atoms with Crippen LogP contribution in [0.25, 0.3) is 11.0 Å². The molecule has 1 N–H and O–H groups in total. The Bertz CT molecular complexity index is 687. The number of hydrogen-bond donors (Lipinski definition) is 1. The molecular weight excluding hydrogens is 290 g/mol. The summed E-state index contributed by atoms with van der Waals surface area (Å²) in [4.78, 5) is 18.9. The first kappa shape index (κ1) is 13.1. The third-order valence-corrected chi connectivity index (χ3v) is 4.68. The summed E-state index contributed by atoms with van der Waals surface area (Å²) >= 11 is 6.05. The van der Waals surface area contributed by atoms with Crippen LogP contribution in [0.15, 0.2) is 22.8 Å². The van der Waals surface area contributed by atoms with E-state index < -0.39 is 0 Å². The largest absolute Gasteiger partial charge is 0.461 e. The van der Waals surface area contributed by atoms with Gasteiger partial charge in [0, 0.05) is 24.5 Å². The molecule has 4 heterocycles. The molecule has 2 aromatic heterocycles. The molecule has 2 aliphatic rings. The summed E-state index contributed by atoms with van der Waals surface area (Å²) in [7, 11) is 0. The fraction of sp³-hybridized carbons (Fsp3) is 0.467. The second-order valence-corrected chi connectivity index (χ2v) is 6.32. The number of furan rings is 1. The first-order valence-corrected chi connectivity index (χ1v) is 7.64. The average Bonchev–Trinajstić information content (AvgIpc) is 3.05. The van der Waals surface area contributed by atoms with Crippen LogP contribution >= 0.6 is 11.6 Å². The molecule has 2 bridgehead atoms. The molecule has 1 amide bonds. The summed E-state index contributed by atoms with van der Waals surface area (Å²) in [5.74, 6) is 0.560. The predicted molar refractivity (Wildman–Crippen MR) is 79.4 cm³/mol. The Kier molecular flexibility index (Phi) is 3.12. The quantitative estimate of drug-likeness (QED) is 0.865. The van der Waals surface area contributed by atoms with Crippen molar-refractivity contribution >= 4 is 28.5 Å². The first-order valence-electron chi connectivity index (χ1n) is 7.26. The Labute approximate surface area is 127 Å². The number of halogens is 1. The summed E-state index contributed by atoms with van der Waals surface area (Å²) in [5, 5.41) is 4.12. The number of hydrogen-bond acceptors (Lipinski definition) is 4. The maximum absolute atomic E-state index is 12.4. The van der Waals surface area contributed by atoms with Crippen LogP contribution in [0, 0.1) is 5.92 Å². The molecule has 0 aromatic carbocycles. The number of nitrogens with zero attached hydrogens (tertiary/aromatic N) is 2. The Balaban J connectivity index is 1.53. The minimum Gasteiger partial charge on any atom is -0.461 e. The van der Waals surface area contributed by atoms with Gasteiger partial charge >= 0.3 is 0 Å². The zero-order valence-electron chi connectivity index (χ0n) is 11.5. The molecule has 5 nitrogen and oxygen atoms in total. The lowest BCUT2D eigenvalue weighted by atomic mass is 9.97. The Morgan fingerprint density at radius 2 is 2.38 bits per heavy atom. The minimum atomic E-state index is -0.160. The molecule has 110 valence electrons. The van der Waals surface area contributed by atoms with Crippen LogP contribution < -0.4 is 5.32 Å². The van der Waals surface area contributed by atoms with Crippen LogP contribution in [0.4, 0.5) is 0 Å². The summed E-state index contributed by atoms with van der Waals surface area (Å²) < 4.78 is 5.24. The topological polar surface area (TPSA) is 58.4 Å². The van der Waals surface area contributed by atoms with Crippen LogP contribution in [0.5, 0.6) is 0 Å². The zero-order chi connectivity index (χ0) is 14.4. The zero-order valence-corrected chi connectivity index (χ0v) is 12.3. The lowest BCUT2D eigenvalue weighted by Crippen LogP contribution is -2.47. The smallest absolute Gasteiger partial charge is 0.270 e. The third kappa shape index (κ3) is 2.40. The van der Waals surface area contributed by atoms with E-state index >= 15 is 0 Å². The van der Waals surface area contributed by atoms with Gasteiger partial charge in [-0.05, 0) is 37.4 Å². The molecule has 0 saturated carbocycles. The van der Waals surface area contributed by atoms with Crippen molar-refractivity contribution in [3.05, 3.63) is 29.2 Å². The van der Waals surface area contributed by atoms with Gasteiger partial charge in [0.25, 0.3) is 5.91 Å². The van der Waals surface area contributed by atoms with Gasteiger partial charge < -0.3 is 14.6 Å². The number of pyridine rings is 1. The molecule has 3 atom stereocenters. The van der Waals surface area contributed by atoms with Gasteiger partial charge in [-0.1, -0.05) is 11.6 Å². The highest BCUT2D eigenvalue weighted by Crippen LogP contribution is 2.27. The number of piperidine rings is 1. The fourth-order valence-electron chi connectivity index (χ4n) is 3.48. The molecule has 0 spiro atoms. The van der Waals surface area contributed by atoms with E-state index in [0.29, 0.717) is 11.3 Å². The molecule has 2 fully saturated rings. The second kappa shape index (κ2) is 5.00. The Hall–Kier alpha value is -1.59. The van der Waals surface area contributed by atoms with E-state index in [1.54, 1.807) is 18.4 Å². The van der Waals surface area contributed by atoms with E-state index in [-0.39, 0.29) is 17.1 Å². The van der Waals surface area contributed by atoms with Gasteiger partial charge in [-0.3, -0.25) is 4.79 Å². The highest BCUT2D eigenvalue weighted by Gasteiger charge is 2.33. The van der Waals surface area contributed by atoms with Crippen LogP contribution in [0.2, 0.25) is 5.15 Å². The van der Waals surface area contributed by atoms with Gasteiger partial charge in [-0.25, -0.2) is 4.98 Å². The summed E-state index contributed by atoms with van der Waals surface area (Å²) in [6, 6.07) is 3.71. The van der Waals surface area contributed by atoms with Crippen molar-refractivity contribution in [3.63, 3.8) is 0 Å². The maximum atomic E-state index is 12.4. The molecule has 0 radical (unpaired) electrons. The van der Waals surface area contributed by atoms with Gasteiger partial charge in [-0.2, -0.15) is 0 Å². The van der Waals surface area contributed by atoms with Crippen molar-refractivity contribution in [1.82, 2.24) is 15.2 Å². The van der Waals surface area contributed by atoms with Crippen molar-refractivity contribution in [3.8, 4) is 0 Å². The summed E-state index contributed by atoms with van der Waals surface area (Å²) in [6.45, 7) is 3.27. The van der Waals surface area contributed by atoms with E-state index in [1.807, 2.05) is 0 Å². The van der Waals surface area contributed by atoms with Gasteiger partial charge in [-0.15, -0.1) is 0 Å². The van der Waals surface area contributed by atoms with Gasteiger partial charge in [0.15, 0.2) is 10.7 Å². The number of aromatic nitrogens is 1. The van der Waals surface area contributed by atoms with Crippen LogP contribution in [-0.2, 0) is 0 Å². The summed E-state index contributed by atoms with van der Waals surface area (Å²) in [5.41, 5.74) is 0.872. The van der Waals surface area contributed by atoms with Crippen LogP contribution in [0.3, 0.4) is 0 Å². The van der Waals surface area contributed by atoms with Crippen molar-refractivity contribution in [2.24, 2.45) is 5.92 Å². The monoisotopic (exact) mass is 305 g/mol. The van der Waals surface area contributed by atoms with E-state index in [0.717, 1.165) is 30.8 Å². The Morgan fingerprint density at radius 3 is 3.24 bits per heavy atom. The number of nitrogens with one attached hydrogen (secondary N) is 1. The standard InChI is InChI=1S/C15H16ClN3O2/c16-14-13-10(2-4-21-13)6-12(18-14)15(20)17-11-5-9-1-3-19(7-9)8-11/h2,4,6,9,11H,1,3,5,7-8H2,(H,17,20)/t9-,11-/m1/s1. The van der Waals surface area contributed by atoms with Crippen molar-refractivity contribution in [2.75, 3.05) is 19.6 Å². The van der Waals surface area contributed by atoms with Crippen LogP contribution in [0.1, 0.15) is 23.3 Å². The van der Waals surface area contributed by atoms with Gasteiger partial charge in [0.1, 0.15) is 5.69 Å². The lowest BCUT2D eigenvalue weighted by Gasteiger charge is -2.30. The molecule has 2 aliphatic heterocycles. The predicted octanol–water partition coefficient (Wildman–Crippen LogP) is 2.31. The summed E-state index contributed by atoms with van der Waals surface area (Å²) in [6.07, 6.45) is 3.85. The number of carbonyl (C=O) groups is 1. The normalized spacial score (nSPS) is 28.0. The molecule has 21 heavy (non-hydrogen) atoms. The van der Waals surface area contributed by atoms with E-state index in [4.69, 9.17) is 16.0 Å². The molecule has 6 heteroatoms. The molecular formula is C15H16ClN3O2. The average molecular weight is 306 g/mol. The van der Waals surface area contributed by atoms with E-state index in [1.165, 1.54) is 13.0 Å². The molecule has 1 unspecified atom stereocenters. The molecule has 2 saturated heterocycles. The minimum absolute atomic E-state index is 0.160. The van der Waals surface area contributed by atoms with Crippen LogP contribution in [-0.4, -0.2) is 41.5 Å². The number of rotatable bonds is 2. The molecule has 4 rings (SSSR count). The number of carbonyl (C=O) groups excluding carboxylic acids is 1. The number of fused-ring (bicyclic) bond motifs is 3.